The van der Waals surface area contributed by atoms with E-state index in [2.05, 4.69) is 17.6 Å². The second-order valence-corrected chi connectivity index (χ2v) is 11.4. The Hall–Kier alpha value is -3.92. The predicted molar refractivity (Wildman–Crippen MR) is 153 cm³/mol. The molecule has 220 valence electrons. The number of hydrogen-bond acceptors (Lipinski definition) is 7. The average Bonchev–Trinajstić information content (AvgIpc) is 3.25. The molecule has 10 nitrogen and oxygen atoms in total. The van der Waals surface area contributed by atoms with E-state index in [1.807, 2.05) is 51.1 Å². The van der Waals surface area contributed by atoms with E-state index < -0.39 is 17.6 Å². The number of ether oxygens (including phenoxy) is 2. The number of piperidine rings is 1. The fourth-order valence-electron chi connectivity index (χ4n) is 4.95. The van der Waals surface area contributed by atoms with Gasteiger partial charge in [-0.1, -0.05) is 37.3 Å². The normalized spacial score (nSPS) is 16.8. The zero-order chi connectivity index (χ0) is 29.6. The molecule has 1 atom stereocenters. The van der Waals surface area contributed by atoms with E-state index in [1.54, 1.807) is 17.0 Å². The zero-order valence-corrected chi connectivity index (χ0v) is 24.3. The fourth-order valence-corrected chi connectivity index (χ4v) is 4.95. The standard InChI is InChI=1S/C31H40N4O6/c1-5-32-16-7-17-34(30(39)41-31(2,3)4)18-21-10-12-22(13-11-21)20-40-26-9-6-8-23-24(26)19-35(29(23)38)25-14-15-27(36)33-28(25)37/h6,8-13,25,32H,5,7,14-20H2,1-4H3,(H,33,36,37). The van der Waals surface area contributed by atoms with E-state index >= 15 is 0 Å². The summed E-state index contributed by atoms with van der Waals surface area (Å²) in [6.07, 6.45) is 1.01. The Labute approximate surface area is 241 Å². The van der Waals surface area contributed by atoms with Crippen molar-refractivity contribution < 1.29 is 28.7 Å². The molecule has 2 aliphatic rings. The molecular formula is C31H40N4O6. The SMILES string of the molecule is CCNCCCN(Cc1ccc(COc2cccc3c2CN(C2CCC(=O)NC2=O)C3=O)cc1)C(=O)OC(C)(C)C. The van der Waals surface area contributed by atoms with Crippen LogP contribution in [0.15, 0.2) is 42.5 Å². The first-order chi connectivity index (χ1) is 19.6. The van der Waals surface area contributed by atoms with Crippen LogP contribution in [0.4, 0.5) is 4.79 Å². The number of rotatable bonds is 11. The van der Waals surface area contributed by atoms with Crippen LogP contribution in [0.3, 0.4) is 0 Å². The van der Waals surface area contributed by atoms with Crippen LogP contribution in [0.5, 0.6) is 5.75 Å². The predicted octanol–water partition coefficient (Wildman–Crippen LogP) is 3.76. The minimum atomic E-state index is -0.670. The minimum Gasteiger partial charge on any atom is -0.489 e. The molecule has 0 aromatic heterocycles. The van der Waals surface area contributed by atoms with Crippen molar-refractivity contribution in [3.05, 3.63) is 64.7 Å². The van der Waals surface area contributed by atoms with Crippen LogP contribution >= 0.6 is 0 Å². The summed E-state index contributed by atoms with van der Waals surface area (Å²) in [5.41, 5.74) is 2.60. The molecule has 4 rings (SSSR count). The van der Waals surface area contributed by atoms with Gasteiger partial charge in [-0.25, -0.2) is 4.79 Å². The largest absolute Gasteiger partial charge is 0.489 e. The van der Waals surface area contributed by atoms with E-state index in [4.69, 9.17) is 9.47 Å². The highest BCUT2D eigenvalue weighted by molar-refractivity contribution is 6.05. The maximum absolute atomic E-state index is 13.1. The minimum absolute atomic E-state index is 0.210. The summed E-state index contributed by atoms with van der Waals surface area (Å²) in [6.45, 7) is 10.9. The number of hydrogen-bond donors (Lipinski definition) is 2. The van der Waals surface area contributed by atoms with Gasteiger partial charge in [-0.05, 0) is 70.0 Å². The van der Waals surface area contributed by atoms with Crippen molar-refractivity contribution in [2.24, 2.45) is 0 Å². The monoisotopic (exact) mass is 564 g/mol. The summed E-state index contributed by atoms with van der Waals surface area (Å²) >= 11 is 0. The molecule has 1 saturated heterocycles. The van der Waals surface area contributed by atoms with Crippen molar-refractivity contribution in [3.63, 3.8) is 0 Å². The summed E-state index contributed by atoms with van der Waals surface area (Å²) in [5, 5.41) is 5.61. The van der Waals surface area contributed by atoms with Crippen LogP contribution < -0.4 is 15.4 Å². The summed E-state index contributed by atoms with van der Waals surface area (Å²) in [6, 6.07) is 12.5. The molecule has 10 heteroatoms. The lowest BCUT2D eigenvalue weighted by Crippen LogP contribution is -2.52. The molecule has 41 heavy (non-hydrogen) atoms. The number of carbonyl (C=O) groups is 4. The van der Waals surface area contributed by atoms with Gasteiger partial charge in [0.15, 0.2) is 0 Å². The van der Waals surface area contributed by atoms with Crippen molar-refractivity contribution in [2.75, 3.05) is 19.6 Å². The molecule has 1 fully saturated rings. The van der Waals surface area contributed by atoms with Crippen LogP contribution in [0.25, 0.3) is 0 Å². The van der Waals surface area contributed by atoms with Gasteiger partial charge in [-0.15, -0.1) is 0 Å². The van der Waals surface area contributed by atoms with Gasteiger partial charge in [0.25, 0.3) is 5.91 Å². The van der Waals surface area contributed by atoms with E-state index in [0.29, 0.717) is 37.4 Å². The molecule has 4 amide bonds. The number of amides is 4. The number of carbonyl (C=O) groups excluding carboxylic acids is 4. The molecule has 0 saturated carbocycles. The molecule has 0 radical (unpaired) electrons. The van der Waals surface area contributed by atoms with Gasteiger partial charge in [0, 0.05) is 30.6 Å². The summed E-state index contributed by atoms with van der Waals surface area (Å²) in [7, 11) is 0. The molecule has 2 aliphatic heterocycles. The van der Waals surface area contributed by atoms with E-state index in [-0.39, 0.29) is 30.9 Å². The number of imide groups is 1. The Morgan fingerprint density at radius 3 is 2.51 bits per heavy atom. The lowest BCUT2D eigenvalue weighted by Gasteiger charge is -2.29. The van der Waals surface area contributed by atoms with Gasteiger partial charge in [0.05, 0.1) is 6.54 Å². The lowest BCUT2D eigenvalue weighted by atomic mass is 10.0. The van der Waals surface area contributed by atoms with Gasteiger partial charge in [0.1, 0.15) is 24.0 Å². The maximum atomic E-state index is 13.1. The molecule has 0 bridgehead atoms. The number of nitrogens with zero attached hydrogens (tertiary/aromatic N) is 2. The fraction of sp³-hybridized carbons (Fsp3) is 0.484. The van der Waals surface area contributed by atoms with Crippen LogP contribution in [-0.4, -0.2) is 64.9 Å². The van der Waals surface area contributed by atoms with E-state index in [9.17, 15) is 19.2 Å². The molecule has 1 unspecified atom stereocenters. The van der Waals surface area contributed by atoms with Crippen LogP contribution in [0, 0.1) is 0 Å². The second kappa shape index (κ2) is 13.2. The Balaban J connectivity index is 1.38. The summed E-state index contributed by atoms with van der Waals surface area (Å²) < 4.78 is 11.8. The Bertz CT molecular complexity index is 1270. The maximum Gasteiger partial charge on any atom is 0.410 e. The third-order valence-electron chi connectivity index (χ3n) is 7.01. The molecule has 2 aromatic carbocycles. The molecule has 0 spiro atoms. The van der Waals surface area contributed by atoms with Crippen LogP contribution in [-0.2, 0) is 34.0 Å². The molecule has 2 aromatic rings. The molecule has 0 aliphatic carbocycles. The first kappa shape index (κ1) is 30.0. The van der Waals surface area contributed by atoms with Crippen molar-refractivity contribution in [1.82, 2.24) is 20.4 Å². The number of fused-ring (bicyclic) bond motifs is 1. The Kier molecular flexibility index (Phi) is 9.65. The van der Waals surface area contributed by atoms with Crippen molar-refractivity contribution >= 4 is 23.8 Å². The van der Waals surface area contributed by atoms with Crippen LogP contribution in [0.2, 0.25) is 0 Å². The second-order valence-electron chi connectivity index (χ2n) is 11.4. The summed E-state index contributed by atoms with van der Waals surface area (Å²) in [4.78, 5) is 53.0. The van der Waals surface area contributed by atoms with E-state index in [1.165, 1.54) is 4.90 Å². The lowest BCUT2D eigenvalue weighted by molar-refractivity contribution is -0.136. The average molecular weight is 565 g/mol. The van der Waals surface area contributed by atoms with Crippen molar-refractivity contribution in [2.45, 2.75) is 78.3 Å². The first-order valence-electron chi connectivity index (χ1n) is 14.2. The highest BCUT2D eigenvalue weighted by Gasteiger charge is 2.40. The van der Waals surface area contributed by atoms with Gasteiger partial charge in [0.2, 0.25) is 11.8 Å². The van der Waals surface area contributed by atoms with Gasteiger partial charge < -0.3 is 24.6 Å². The highest BCUT2D eigenvalue weighted by atomic mass is 16.6. The highest BCUT2D eigenvalue weighted by Crippen LogP contribution is 2.34. The number of benzene rings is 2. The van der Waals surface area contributed by atoms with E-state index in [0.717, 1.165) is 36.2 Å². The van der Waals surface area contributed by atoms with Gasteiger partial charge >= 0.3 is 6.09 Å². The zero-order valence-electron chi connectivity index (χ0n) is 24.3. The molecular weight excluding hydrogens is 524 g/mol. The third kappa shape index (κ3) is 7.85. The van der Waals surface area contributed by atoms with Gasteiger partial charge in [-0.3, -0.25) is 19.7 Å². The smallest absolute Gasteiger partial charge is 0.410 e. The topological polar surface area (TPSA) is 117 Å². The number of nitrogens with one attached hydrogen (secondary N) is 2. The Morgan fingerprint density at radius 1 is 1.10 bits per heavy atom. The third-order valence-corrected chi connectivity index (χ3v) is 7.01. The quantitative estimate of drug-likeness (QED) is 0.315. The van der Waals surface area contributed by atoms with Crippen LogP contribution in [0.1, 0.15) is 74.0 Å². The first-order valence-corrected chi connectivity index (χ1v) is 14.2. The van der Waals surface area contributed by atoms with Crippen molar-refractivity contribution in [1.29, 1.82) is 0 Å². The van der Waals surface area contributed by atoms with Crippen molar-refractivity contribution in [3.8, 4) is 5.75 Å². The Morgan fingerprint density at radius 2 is 1.83 bits per heavy atom. The molecule has 2 heterocycles. The van der Waals surface area contributed by atoms with Gasteiger partial charge in [-0.2, -0.15) is 0 Å². The molecule has 2 N–H and O–H groups in total. The summed E-state index contributed by atoms with van der Waals surface area (Å²) in [5.74, 6) is -0.393.